The molecule has 0 saturated carbocycles. The molecule has 1 aromatic heterocycles. The molecule has 6 heteroatoms. The van der Waals surface area contributed by atoms with Crippen molar-refractivity contribution in [2.75, 3.05) is 42.5 Å². The van der Waals surface area contributed by atoms with Crippen LogP contribution in [0.3, 0.4) is 0 Å². The second kappa shape index (κ2) is 6.80. The molecule has 1 fully saturated rings. The molecule has 0 aliphatic carbocycles. The Morgan fingerprint density at radius 1 is 1.08 bits per heavy atom. The average molecular weight is 337 g/mol. The van der Waals surface area contributed by atoms with Crippen LogP contribution in [0.1, 0.15) is 18.1 Å². The van der Waals surface area contributed by atoms with Gasteiger partial charge in [-0.25, -0.2) is 4.98 Å². The SMILES string of the molecule is CCN1C(=O)Cc2cnc(N3CCN(Cc4ccccc4)CC3)nc21. The van der Waals surface area contributed by atoms with Gasteiger partial charge >= 0.3 is 0 Å². The molecule has 4 rings (SSSR count). The van der Waals surface area contributed by atoms with Crippen molar-refractivity contribution in [3.8, 4) is 0 Å². The Balaban J connectivity index is 1.42. The Kier molecular flexibility index (Phi) is 4.36. The van der Waals surface area contributed by atoms with Crippen molar-refractivity contribution < 1.29 is 4.79 Å². The fraction of sp³-hybridized carbons (Fsp3) is 0.421. The lowest BCUT2D eigenvalue weighted by Crippen LogP contribution is -2.46. The second-order valence-corrected chi connectivity index (χ2v) is 6.58. The number of benzene rings is 1. The number of carbonyl (C=O) groups excluding carboxylic acids is 1. The molecule has 3 heterocycles. The Bertz CT molecular complexity index is 756. The number of hydrogen-bond acceptors (Lipinski definition) is 5. The summed E-state index contributed by atoms with van der Waals surface area (Å²) in [6, 6.07) is 10.6. The summed E-state index contributed by atoms with van der Waals surface area (Å²) in [5, 5.41) is 0. The normalized spacial score (nSPS) is 17.9. The maximum Gasteiger partial charge on any atom is 0.232 e. The first kappa shape index (κ1) is 16.0. The van der Waals surface area contributed by atoms with Crippen molar-refractivity contribution in [2.45, 2.75) is 19.9 Å². The van der Waals surface area contributed by atoms with Gasteiger partial charge in [0.25, 0.3) is 0 Å². The summed E-state index contributed by atoms with van der Waals surface area (Å²) >= 11 is 0. The van der Waals surface area contributed by atoms with Gasteiger partial charge in [-0.1, -0.05) is 30.3 Å². The maximum absolute atomic E-state index is 12.0. The number of hydrogen-bond donors (Lipinski definition) is 0. The van der Waals surface area contributed by atoms with E-state index in [1.165, 1.54) is 5.56 Å². The number of anilines is 2. The van der Waals surface area contributed by atoms with Crippen molar-refractivity contribution in [1.82, 2.24) is 14.9 Å². The highest BCUT2D eigenvalue weighted by Crippen LogP contribution is 2.27. The van der Waals surface area contributed by atoms with Crippen LogP contribution in [0, 0.1) is 0 Å². The lowest BCUT2D eigenvalue weighted by Gasteiger charge is -2.35. The molecule has 0 spiro atoms. The molecule has 0 unspecified atom stereocenters. The number of nitrogens with zero attached hydrogens (tertiary/aromatic N) is 5. The largest absolute Gasteiger partial charge is 0.338 e. The summed E-state index contributed by atoms with van der Waals surface area (Å²) < 4.78 is 0. The molecule has 2 aromatic rings. The van der Waals surface area contributed by atoms with Crippen LogP contribution < -0.4 is 9.80 Å². The predicted octanol–water partition coefficient (Wildman–Crippen LogP) is 1.71. The highest BCUT2D eigenvalue weighted by molar-refractivity contribution is 6.00. The van der Waals surface area contributed by atoms with Gasteiger partial charge in [0, 0.05) is 51.0 Å². The first-order valence-electron chi connectivity index (χ1n) is 8.92. The number of piperazine rings is 1. The van der Waals surface area contributed by atoms with E-state index >= 15 is 0 Å². The number of aromatic nitrogens is 2. The van der Waals surface area contributed by atoms with E-state index < -0.39 is 0 Å². The first-order valence-corrected chi connectivity index (χ1v) is 8.92. The van der Waals surface area contributed by atoms with Gasteiger partial charge < -0.3 is 4.90 Å². The van der Waals surface area contributed by atoms with E-state index in [9.17, 15) is 4.79 Å². The van der Waals surface area contributed by atoms with E-state index in [0.29, 0.717) is 13.0 Å². The third-order valence-electron chi connectivity index (χ3n) is 4.95. The van der Waals surface area contributed by atoms with Crippen LogP contribution in [0.4, 0.5) is 11.8 Å². The lowest BCUT2D eigenvalue weighted by molar-refractivity contribution is -0.117. The predicted molar refractivity (Wildman–Crippen MR) is 97.7 cm³/mol. The van der Waals surface area contributed by atoms with Crippen molar-refractivity contribution in [1.29, 1.82) is 0 Å². The van der Waals surface area contributed by atoms with Crippen molar-refractivity contribution in [3.05, 3.63) is 47.7 Å². The number of fused-ring (bicyclic) bond motifs is 1. The minimum absolute atomic E-state index is 0.122. The maximum atomic E-state index is 12.0. The zero-order valence-electron chi connectivity index (χ0n) is 14.6. The Labute approximate surface area is 148 Å². The fourth-order valence-corrected chi connectivity index (χ4v) is 3.55. The average Bonchev–Trinajstić information content (AvgIpc) is 2.97. The van der Waals surface area contributed by atoms with E-state index in [0.717, 1.165) is 50.1 Å². The van der Waals surface area contributed by atoms with Gasteiger partial charge in [-0.15, -0.1) is 0 Å². The number of likely N-dealkylation sites (N-methyl/N-ethyl adjacent to an activating group) is 1. The molecule has 1 amide bonds. The summed E-state index contributed by atoms with van der Waals surface area (Å²) in [6.45, 7) is 7.43. The standard InChI is InChI=1S/C19H23N5O/c1-2-24-17(25)12-16-13-20-19(21-18(16)24)23-10-8-22(9-11-23)14-15-6-4-3-5-7-15/h3-7,13H,2,8-12,14H2,1H3. The van der Waals surface area contributed by atoms with Gasteiger partial charge in [0.05, 0.1) is 6.42 Å². The molecule has 1 aromatic carbocycles. The quantitative estimate of drug-likeness (QED) is 0.850. The van der Waals surface area contributed by atoms with Gasteiger partial charge in [0.2, 0.25) is 11.9 Å². The van der Waals surface area contributed by atoms with Crippen LogP contribution in [0.5, 0.6) is 0 Å². The highest BCUT2D eigenvalue weighted by atomic mass is 16.2. The molecule has 130 valence electrons. The van der Waals surface area contributed by atoms with Crippen LogP contribution in [-0.2, 0) is 17.8 Å². The van der Waals surface area contributed by atoms with Crippen LogP contribution in [0.2, 0.25) is 0 Å². The fourth-order valence-electron chi connectivity index (χ4n) is 3.55. The van der Waals surface area contributed by atoms with Crippen molar-refractivity contribution in [3.63, 3.8) is 0 Å². The monoisotopic (exact) mass is 337 g/mol. The van der Waals surface area contributed by atoms with E-state index in [4.69, 9.17) is 4.98 Å². The zero-order chi connectivity index (χ0) is 17.2. The Morgan fingerprint density at radius 2 is 1.84 bits per heavy atom. The minimum atomic E-state index is 0.122. The summed E-state index contributed by atoms with van der Waals surface area (Å²) in [5.74, 6) is 1.66. The van der Waals surface area contributed by atoms with E-state index in [1.54, 1.807) is 4.90 Å². The third kappa shape index (κ3) is 3.22. The van der Waals surface area contributed by atoms with Gasteiger partial charge in [0.15, 0.2) is 0 Å². The lowest BCUT2D eigenvalue weighted by atomic mass is 10.2. The van der Waals surface area contributed by atoms with Crippen LogP contribution in [0.15, 0.2) is 36.5 Å². The van der Waals surface area contributed by atoms with Crippen LogP contribution >= 0.6 is 0 Å². The number of rotatable bonds is 4. The zero-order valence-corrected chi connectivity index (χ0v) is 14.6. The third-order valence-corrected chi connectivity index (χ3v) is 4.95. The molecule has 0 atom stereocenters. The Morgan fingerprint density at radius 3 is 2.56 bits per heavy atom. The van der Waals surface area contributed by atoms with Gasteiger partial charge in [-0.05, 0) is 12.5 Å². The van der Waals surface area contributed by atoms with Crippen LogP contribution in [-0.4, -0.2) is 53.5 Å². The van der Waals surface area contributed by atoms with E-state index in [1.807, 2.05) is 13.1 Å². The molecular formula is C19H23N5O. The number of amides is 1. The molecule has 2 aliphatic rings. The van der Waals surface area contributed by atoms with Crippen LogP contribution in [0.25, 0.3) is 0 Å². The summed E-state index contributed by atoms with van der Waals surface area (Å²) in [4.78, 5) is 27.6. The molecule has 2 aliphatic heterocycles. The van der Waals surface area contributed by atoms with Gasteiger partial charge in [0.1, 0.15) is 5.82 Å². The van der Waals surface area contributed by atoms with Crippen molar-refractivity contribution >= 4 is 17.7 Å². The second-order valence-electron chi connectivity index (χ2n) is 6.58. The molecule has 25 heavy (non-hydrogen) atoms. The molecule has 0 radical (unpaired) electrons. The molecule has 1 saturated heterocycles. The van der Waals surface area contributed by atoms with Gasteiger partial charge in [-0.3, -0.25) is 14.6 Å². The van der Waals surface area contributed by atoms with E-state index in [2.05, 4.69) is 45.1 Å². The molecule has 0 N–H and O–H groups in total. The summed E-state index contributed by atoms with van der Waals surface area (Å²) in [6.07, 6.45) is 2.25. The van der Waals surface area contributed by atoms with Crippen molar-refractivity contribution in [2.24, 2.45) is 0 Å². The number of carbonyl (C=O) groups is 1. The summed E-state index contributed by atoms with van der Waals surface area (Å²) in [5.41, 5.74) is 2.29. The molecular weight excluding hydrogens is 314 g/mol. The minimum Gasteiger partial charge on any atom is -0.338 e. The topological polar surface area (TPSA) is 52.6 Å². The first-order chi connectivity index (χ1) is 12.2. The Hall–Kier alpha value is -2.47. The summed E-state index contributed by atoms with van der Waals surface area (Å²) in [7, 11) is 0. The smallest absolute Gasteiger partial charge is 0.232 e. The molecule has 0 bridgehead atoms. The molecule has 6 nitrogen and oxygen atoms in total. The van der Waals surface area contributed by atoms with Gasteiger partial charge in [-0.2, -0.15) is 4.98 Å². The van der Waals surface area contributed by atoms with E-state index in [-0.39, 0.29) is 5.91 Å². The highest BCUT2D eigenvalue weighted by Gasteiger charge is 2.29.